The van der Waals surface area contributed by atoms with Gasteiger partial charge in [-0.05, 0) is 155 Å². The third-order valence-electron chi connectivity index (χ3n) is 16.9. The highest BCUT2D eigenvalue weighted by molar-refractivity contribution is 5.92. The number of aromatic nitrogens is 1. The SMILES string of the molecule is C[C@@]12C(=O)CC[C@H]1[C@@H]1CC=C3C[C@@H](O)CC[C@]3(C)[C@H]1C[C@H]2O.C[C@]12CC[C@H](O)CC1=CC[C@@H]1[C@@H]2CC[C@]2(C)C(=NCc3ccccn3)CC[C@@H]12. The van der Waals surface area contributed by atoms with Gasteiger partial charge in [0.2, 0.25) is 0 Å². The van der Waals surface area contributed by atoms with E-state index in [4.69, 9.17) is 4.99 Å². The van der Waals surface area contributed by atoms with Crippen molar-refractivity contribution in [3.05, 3.63) is 53.4 Å². The number of hydrogen-bond acceptors (Lipinski definition) is 6. The average molecular weight is 683 g/mol. The quantitative estimate of drug-likeness (QED) is 0.273. The maximum Gasteiger partial charge on any atom is 0.141 e. The molecule has 0 aliphatic heterocycles. The fourth-order valence-electron chi connectivity index (χ4n) is 13.7. The Labute approximate surface area is 300 Å². The summed E-state index contributed by atoms with van der Waals surface area (Å²) in [4.78, 5) is 22.0. The van der Waals surface area contributed by atoms with Crippen LogP contribution in [0.5, 0.6) is 0 Å². The van der Waals surface area contributed by atoms with Crippen LogP contribution in [-0.4, -0.2) is 50.1 Å². The van der Waals surface area contributed by atoms with Crippen LogP contribution in [0.3, 0.4) is 0 Å². The molecular weight excluding hydrogens is 620 g/mol. The van der Waals surface area contributed by atoms with Gasteiger partial charge in [0, 0.05) is 23.7 Å². The smallest absolute Gasteiger partial charge is 0.141 e. The Bertz CT molecular complexity index is 1570. The molecule has 6 nitrogen and oxygen atoms in total. The van der Waals surface area contributed by atoms with Crippen LogP contribution >= 0.6 is 0 Å². The molecule has 9 rings (SSSR count). The lowest BCUT2D eigenvalue weighted by atomic mass is 9.47. The van der Waals surface area contributed by atoms with Gasteiger partial charge in [-0.1, -0.05) is 50.1 Å². The van der Waals surface area contributed by atoms with Gasteiger partial charge >= 0.3 is 0 Å². The van der Waals surface area contributed by atoms with Crippen LogP contribution in [0.15, 0.2) is 52.7 Å². The summed E-state index contributed by atoms with van der Waals surface area (Å²) in [6, 6.07) is 6.11. The number of nitrogens with zero attached hydrogens (tertiary/aromatic N) is 2. The van der Waals surface area contributed by atoms with Crippen molar-refractivity contribution in [3.8, 4) is 0 Å². The van der Waals surface area contributed by atoms with Crippen LogP contribution in [-0.2, 0) is 11.3 Å². The lowest BCUT2D eigenvalue weighted by molar-refractivity contribution is -0.149. The summed E-state index contributed by atoms with van der Waals surface area (Å²) in [5.41, 5.74) is 5.75. The lowest BCUT2D eigenvalue weighted by Crippen LogP contribution is -2.56. The first kappa shape index (κ1) is 34.9. The van der Waals surface area contributed by atoms with Gasteiger partial charge in [0.15, 0.2) is 0 Å². The van der Waals surface area contributed by atoms with Crippen molar-refractivity contribution in [1.29, 1.82) is 0 Å². The Morgan fingerprint density at radius 3 is 2.00 bits per heavy atom. The first-order valence-corrected chi connectivity index (χ1v) is 20.3. The number of pyridine rings is 1. The van der Waals surface area contributed by atoms with Gasteiger partial charge in [-0.3, -0.25) is 14.8 Å². The molecule has 0 spiro atoms. The Morgan fingerprint density at radius 1 is 0.740 bits per heavy atom. The minimum atomic E-state index is -0.503. The zero-order valence-corrected chi connectivity index (χ0v) is 31.1. The van der Waals surface area contributed by atoms with Gasteiger partial charge in [0.1, 0.15) is 5.78 Å². The van der Waals surface area contributed by atoms with Crippen LogP contribution < -0.4 is 0 Å². The third-order valence-corrected chi connectivity index (χ3v) is 16.9. The molecule has 1 aromatic heterocycles. The fraction of sp³-hybridized carbons (Fsp3) is 0.750. The summed E-state index contributed by atoms with van der Waals surface area (Å²) < 4.78 is 0. The van der Waals surface area contributed by atoms with Crippen molar-refractivity contribution in [2.24, 2.45) is 62.2 Å². The first-order valence-electron chi connectivity index (χ1n) is 20.3. The molecule has 8 aliphatic rings. The van der Waals surface area contributed by atoms with Crippen LogP contribution in [0.4, 0.5) is 0 Å². The van der Waals surface area contributed by atoms with Gasteiger partial charge in [0.05, 0.1) is 36.0 Å². The van der Waals surface area contributed by atoms with Crippen molar-refractivity contribution < 1.29 is 20.1 Å². The van der Waals surface area contributed by atoms with E-state index in [0.29, 0.717) is 29.6 Å². The van der Waals surface area contributed by atoms with E-state index in [2.05, 4.69) is 50.0 Å². The molecule has 1 aromatic rings. The van der Waals surface area contributed by atoms with E-state index in [-0.39, 0.29) is 28.8 Å². The number of aliphatic imine (C=N–C) groups is 1. The molecule has 0 saturated heterocycles. The molecule has 272 valence electrons. The second kappa shape index (κ2) is 12.8. The molecule has 13 atom stereocenters. The van der Waals surface area contributed by atoms with E-state index < -0.39 is 11.5 Å². The highest BCUT2D eigenvalue weighted by atomic mass is 16.3. The molecule has 8 aliphatic carbocycles. The molecule has 0 aromatic carbocycles. The van der Waals surface area contributed by atoms with Gasteiger partial charge < -0.3 is 15.3 Å². The van der Waals surface area contributed by atoms with Crippen molar-refractivity contribution in [3.63, 3.8) is 0 Å². The summed E-state index contributed by atoms with van der Waals surface area (Å²) in [5.74, 6) is 3.99. The highest BCUT2D eigenvalue weighted by Gasteiger charge is 2.62. The van der Waals surface area contributed by atoms with Gasteiger partial charge in [-0.2, -0.15) is 0 Å². The molecule has 50 heavy (non-hydrogen) atoms. The molecule has 6 saturated carbocycles. The van der Waals surface area contributed by atoms with E-state index in [1.54, 1.807) is 5.57 Å². The first-order chi connectivity index (χ1) is 23.9. The Morgan fingerprint density at radius 2 is 1.34 bits per heavy atom. The number of aliphatic hydroxyl groups excluding tert-OH is 3. The maximum atomic E-state index is 12.4. The van der Waals surface area contributed by atoms with E-state index in [1.165, 1.54) is 49.8 Å². The van der Waals surface area contributed by atoms with Crippen molar-refractivity contribution >= 4 is 11.5 Å². The molecule has 3 N–H and O–H groups in total. The molecule has 6 heteroatoms. The van der Waals surface area contributed by atoms with Crippen molar-refractivity contribution in [1.82, 2.24) is 4.98 Å². The van der Waals surface area contributed by atoms with E-state index in [0.717, 1.165) is 81.4 Å². The zero-order chi connectivity index (χ0) is 35.1. The van der Waals surface area contributed by atoms with Gasteiger partial charge in [-0.25, -0.2) is 0 Å². The monoisotopic (exact) mass is 682 g/mol. The summed E-state index contributed by atoms with van der Waals surface area (Å²) in [6.45, 7) is 10.1. The molecule has 6 fully saturated rings. The lowest BCUT2D eigenvalue weighted by Gasteiger charge is -2.58. The standard InChI is InChI=1S/C25H34N2O.C19H28O3/c1-24-12-10-19(28)15-17(24)6-7-20-21-8-9-23(25(21,2)13-11-22(20)24)27-16-18-5-3-4-14-26-18;1-18-8-7-12(20)9-11(18)3-4-13-14-5-6-16(21)19(14,2)17(22)10-15(13)18/h3-6,14,19-22,28H,7-13,15-16H2,1-2H3;3,12-15,17,20,22H,4-10H2,1-2H3/t19-,20-,21-,22-,24-,25-;12-,13-,14-,15-,17+,18-,19-/m00/s1. The van der Waals surface area contributed by atoms with Gasteiger partial charge in [-0.15, -0.1) is 0 Å². The largest absolute Gasteiger partial charge is 0.393 e. The topological polar surface area (TPSA) is 103 Å². The van der Waals surface area contributed by atoms with E-state index >= 15 is 0 Å². The summed E-state index contributed by atoms with van der Waals surface area (Å²) in [5, 5.41) is 31.0. The number of allylic oxidation sites excluding steroid dienone is 2. The van der Waals surface area contributed by atoms with E-state index in [9.17, 15) is 20.1 Å². The van der Waals surface area contributed by atoms with Crippen molar-refractivity contribution in [2.75, 3.05) is 0 Å². The second-order valence-corrected chi connectivity index (χ2v) is 18.9. The number of carbonyl (C=O) groups excluding carboxylic acids is 1. The third kappa shape index (κ3) is 5.39. The molecule has 0 radical (unpaired) electrons. The Balaban J connectivity index is 0.000000149. The number of Topliss-reactive ketones (excluding diaryl/α,β-unsaturated/α-hetero) is 1. The summed E-state index contributed by atoms with van der Waals surface area (Å²) in [6.07, 6.45) is 21.4. The summed E-state index contributed by atoms with van der Waals surface area (Å²) >= 11 is 0. The van der Waals surface area contributed by atoms with Crippen molar-refractivity contribution in [2.45, 2.75) is 149 Å². The van der Waals surface area contributed by atoms with Crippen LogP contribution in [0.1, 0.15) is 130 Å². The van der Waals surface area contributed by atoms with Crippen LogP contribution in [0.2, 0.25) is 0 Å². The normalized spacial score (nSPS) is 48.4. The molecular formula is C44H62N2O4. The fourth-order valence-corrected chi connectivity index (χ4v) is 13.7. The highest BCUT2D eigenvalue weighted by Crippen LogP contribution is 2.65. The number of aliphatic hydroxyl groups is 3. The Kier molecular flexibility index (Phi) is 8.91. The minimum Gasteiger partial charge on any atom is -0.393 e. The summed E-state index contributed by atoms with van der Waals surface area (Å²) in [7, 11) is 0. The van der Waals surface area contributed by atoms with Gasteiger partial charge in [0.25, 0.3) is 0 Å². The molecule has 0 bridgehead atoms. The second-order valence-electron chi connectivity index (χ2n) is 18.9. The predicted molar refractivity (Wildman–Crippen MR) is 197 cm³/mol. The van der Waals surface area contributed by atoms with Crippen LogP contribution in [0, 0.1) is 57.2 Å². The number of rotatable bonds is 2. The number of hydrogen-bond donors (Lipinski definition) is 3. The Hall–Kier alpha value is -2.15. The predicted octanol–water partition coefficient (Wildman–Crippen LogP) is 8.20. The number of carbonyl (C=O) groups is 1. The average Bonchev–Trinajstić information content (AvgIpc) is 3.61. The minimum absolute atomic E-state index is 0.110. The zero-order valence-electron chi connectivity index (χ0n) is 31.1. The molecule has 0 unspecified atom stereocenters. The van der Waals surface area contributed by atoms with Crippen LogP contribution in [0.25, 0.3) is 0 Å². The molecule has 0 amide bonds. The molecule has 1 heterocycles. The van der Waals surface area contributed by atoms with E-state index in [1.807, 2.05) is 19.2 Å². The maximum absolute atomic E-state index is 12.4. The number of ketones is 1. The number of fused-ring (bicyclic) bond motifs is 10.